The highest BCUT2D eigenvalue weighted by Gasteiger charge is 2.16. The van der Waals surface area contributed by atoms with Gasteiger partial charge in [-0.3, -0.25) is 4.57 Å². The van der Waals surface area contributed by atoms with E-state index < -0.39 is 13.7 Å². The molecule has 1 aromatic heterocycles. The van der Waals surface area contributed by atoms with Gasteiger partial charge in [0.25, 0.3) is 0 Å². The van der Waals surface area contributed by atoms with Gasteiger partial charge >= 0.3 is 13.7 Å². The second-order valence-corrected chi connectivity index (χ2v) is 16.5. The lowest BCUT2D eigenvalue weighted by atomic mass is 10.1. The number of alkyl carbamates (subject to hydrolysis) is 1. The zero-order valence-electron chi connectivity index (χ0n) is 30.3. The molecule has 0 saturated heterocycles. The van der Waals surface area contributed by atoms with Crippen LogP contribution in [0.25, 0.3) is 0 Å². The summed E-state index contributed by atoms with van der Waals surface area (Å²) in [5.41, 5.74) is 0. The molecule has 1 aromatic rings. The summed E-state index contributed by atoms with van der Waals surface area (Å²) < 4.78 is 38.4. The van der Waals surface area contributed by atoms with Crippen LogP contribution in [-0.4, -0.2) is 87.3 Å². The summed E-state index contributed by atoms with van der Waals surface area (Å²) in [4.78, 5) is 25.7. The SMILES string of the molecule is CCOP(=O)(O)CCCCCCCCCCCOC(=O)NCCOCCOCCOCCCCCCCCCCCSSc1ccccn1. The largest absolute Gasteiger partial charge is 0.450 e. The van der Waals surface area contributed by atoms with Gasteiger partial charge in [0.05, 0.1) is 46.2 Å². The molecule has 0 aliphatic heterocycles. The van der Waals surface area contributed by atoms with Gasteiger partial charge in [-0.15, -0.1) is 0 Å². The second kappa shape index (κ2) is 35.5. The van der Waals surface area contributed by atoms with E-state index in [0.29, 0.717) is 46.2 Å². The van der Waals surface area contributed by atoms with Crippen molar-refractivity contribution in [2.45, 2.75) is 128 Å². The fourth-order valence-electron chi connectivity index (χ4n) is 5.00. The fraction of sp³-hybridized carbons (Fsp3) is 0.833. The summed E-state index contributed by atoms with van der Waals surface area (Å²) in [6.45, 7) is 6.25. The molecule has 0 radical (unpaired) electrons. The van der Waals surface area contributed by atoms with E-state index in [0.717, 1.165) is 69.4 Å². The quantitative estimate of drug-likeness (QED) is 0.0384. The fourth-order valence-corrected chi connectivity index (χ4v) is 8.18. The number of unbranched alkanes of at least 4 members (excludes halogenated alkanes) is 16. The predicted molar refractivity (Wildman–Crippen MR) is 204 cm³/mol. The Morgan fingerprint density at radius 1 is 0.714 bits per heavy atom. The van der Waals surface area contributed by atoms with Crippen LogP contribution in [0.15, 0.2) is 29.4 Å². The number of nitrogens with one attached hydrogen (secondary N) is 1. The topological polar surface area (TPSA) is 125 Å². The van der Waals surface area contributed by atoms with Crippen LogP contribution < -0.4 is 5.32 Å². The molecule has 1 unspecified atom stereocenters. The molecule has 1 atom stereocenters. The molecule has 286 valence electrons. The standard InChI is InChI=1S/C36H67N2O8PS2/c1-2-46-47(40,41)33-21-15-11-7-3-6-10-14-20-27-45-36(39)38-25-28-43-30-32-44-31-29-42-26-19-13-9-5-4-8-12-16-22-34-48-49-35-23-17-18-24-37-35/h17-18,23-24H,2-16,19-22,25-34H2,1H3,(H,38,39)(H,40,41). The van der Waals surface area contributed by atoms with E-state index in [-0.39, 0.29) is 12.8 Å². The third-order valence-corrected chi connectivity index (χ3v) is 11.6. The Morgan fingerprint density at radius 2 is 1.24 bits per heavy atom. The van der Waals surface area contributed by atoms with Gasteiger partial charge in [-0.05, 0) is 55.5 Å². The normalized spacial score (nSPS) is 12.6. The predicted octanol–water partition coefficient (Wildman–Crippen LogP) is 9.84. The first-order valence-corrected chi connectivity index (χ1v) is 22.9. The van der Waals surface area contributed by atoms with Crippen molar-refractivity contribution in [3.63, 3.8) is 0 Å². The summed E-state index contributed by atoms with van der Waals surface area (Å²) in [5, 5.41) is 3.81. The molecule has 0 aliphatic carbocycles. The highest BCUT2D eigenvalue weighted by atomic mass is 33.1. The molecule has 0 bridgehead atoms. The van der Waals surface area contributed by atoms with E-state index in [1.54, 1.807) is 17.7 Å². The molecule has 1 rings (SSSR count). The lowest BCUT2D eigenvalue weighted by Crippen LogP contribution is -2.28. The van der Waals surface area contributed by atoms with E-state index >= 15 is 0 Å². The third-order valence-electron chi connectivity index (χ3n) is 7.71. The van der Waals surface area contributed by atoms with Gasteiger partial charge < -0.3 is 33.7 Å². The molecule has 13 heteroatoms. The molecule has 0 fully saturated rings. The first-order valence-electron chi connectivity index (χ1n) is 18.8. The van der Waals surface area contributed by atoms with Gasteiger partial charge in [0.15, 0.2) is 0 Å². The maximum atomic E-state index is 11.8. The smallest absolute Gasteiger partial charge is 0.407 e. The van der Waals surface area contributed by atoms with Crippen LogP contribution in [0.5, 0.6) is 0 Å². The number of aromatic nitrogens is 1. The summed E-state index contributed by atoms with van der Waals surface area (Å²) >= 11 is 0. The Bertz CT molecular complexity index is 907. The molecule has 0 aromatic carbocycles. The first-order chi connectivity index (χ1) is 24.0. The zero-order chi connectivity index (χ0) is 35.4. The molecular formula is C36H67N2O8PS2. The molecule has 0 aliphatic rings. The Morgan fingerprint density at radius 3 is 1.84 bits per heavy atom. The van der Waals surface area contributed by atoms with Gasteiger partial charge in [-0.2, -0.15) is 0 Å². The zero-order valence-corrected chi connectivity index (χ0v) is 32.9. The van der Waals surface area contributed by atoms with Crippen molar-refractivity contribution in [3.8, 4) is 0 Å². The number of nitrogens with zero attached hydrogens (tertiary/aromatic N) is 1. The Labute approximate surface area is 305 Å². The molecule has 10 nitrogen and oxygen atoms in total. The van der Waals surface area contributed by atoms with Crippen LogP contribution in [0.2, 0.25) is 0 Å². The van der Waals surface area contributed by atoms with Crippen LogP contribution >= 0.6 is 29.2 Å². The minimum Gasteiger partial charge on any atom is -0.450 e. The number of hydrogen-bond acceptors (Lipinski definition) is 10. The van der Waals surface area contributed by atoms with Crippen molar-refractivity contribution in [2.75, 3.05) is 71.3 Å². The molecule has 1 amide bonds. The molecule has 49 heavy (non-hydrogen) atoms. The van der Waals surface area contributed by atoms with Crippen molar-refractivity contribution in [3.05, 3.63) is 24.4 Å². The molecule has 1 heterocycles. The van der Waals surface area contributed by atoms with Gasteiger partial charge in [0.2, 0.25) is 0 Å². The van der Waals surface area contributed by atoms with Gasteiger partial charge in [0, 0.05) is 31.3 Å². The van der Waals surface area contributed by atoms with Gasteiger partial charge in [-0.25, -0.2) is 9.78 Å². The minimum atomic E-state index is -3.36. The van der Waals surface area contributed by atoms with Crippen molar-refractivity contribution < 1.29 is 37.7 Å². The summed E-state index contributed by atoms with van der Waals surface area (Å²) in [6.07, 6.45) is 22.6. The Kier molecular flexibility index (Phi) is 33.5. The summed E-state index contributed by atoms with van der Waals surface area (Å²) in [6, 6.07) is 6.06. The minimum absolute atomic E-state index is 0.254. The van der Waals surface area contributed by atoms with E-state index in [2.05, 4.69) is 16.4 Å². The lowest BCUT2D eigenvalue weighted by Gasteiger charge is -2.10. The van der Waals surface area contributed by atoms with Crippen molar-refractivity contribution >= 4 is 35.3 Å². The third kappa shape index (κ3) is 34.0. The lowest BCUT2D eigenvalue weighted by molar-refractivity contribution is 0.0143. The number of hydrogen-bond donors (Lipinski definition) is 2. The summed E-state index contributed by atoms with van der Waals surface area (Å²) in [7, 11) is 0.328. The molecule has 0 spiro atoms. The van der Waals surface area contributed by atoms with Crippen molar-refractivity contribution in [1.29, 1.82) is 0 Å². The number of carbonyl (C=O) groups excluding carboxylic acids is 1. The van der Waals surface area contributed by atoms with Crippen LogP contribution in [-0.2, 0) is 28.0 Å². The van der Waals surface area contributed by atoms with Crippen LogP contribution in [0, 0.1) is 0 Å². The van der Waals surface area contributed by atoms with Crippen molar-refractivity contribution in [2.24, 2.45) is 0 Å². The Hall–Kier alpha value is -0.850. The summed E-state index contributed by atoms with van der Waals surface area (Å²) in [5.74, 6) is 1.20. The maximum Gasteiger partial charge on any atom is 0.407 e. The average Bonchev–Trinajstić information content (AvgIpc) is 3.09. The van der Waals surface area contributed by atoms with E-state index in [1.165, 1.54) is 63.5 Å². The highest BCUT2D eigenvalue weighted by Crippen LogP contribution is 2.42. The molecule has 2 N–H and O–H groups in total. The number of pyridine rings is 1. The number of ether oxygens (including phenoxy) is 4. The van der Waals surface area contributed by atoms with Gasteiger partial charge in [-0.1, -0.05) is 107 Å². The monoisotopic (exact) mass is 750 g/mol. The van der Waals surface area contributed by atoms with E-state index in [1.807, 2.05) is 29.1 Å². The first kappa shape index (κ1) is 46.2. The van der Waals surface area contributed by atoms with E-state index in [9.17, 15) is 14.3 Å². The number of carbonyl (C=O) groups is 1. The molecule has 0 saturated carbocycles. The highest BCUT2D eigenvalue weighted by molar-refractivity contribution is 8.76. The number of rotatable bonds is 37. The van der Waals surface area contributed by atoms with Crippen LogP contribution in [0.1, 0.15) is 122 Å². The Balaban J connectivity index is 1.68. The van der Waals surface area contributed by atoms with Crippen molar-refractivity contribution in [1.82, 2.24) is 10.3 Å². The van der Waals surface area contributed by atoms with Crippen LogP contribution in [0.4, 0.5) is 4.79 Å². The van der Waals surface area contributed by atoms with E-state index in [4.69, 9.17) is 23.5 Å². The number of amides is 1. The average molecular weight is 751 g/mol. The maximum absolute atomic E-state index is 11.8. The van der Waals surface area contributed by atoms with Crippen LogP contribution in [0.3, 0.4) is 0 Å². The second-order valence-electron chi connectivity index (χ2n) is 12.1. The van der Waals surface area contributed by atoms with Gasteiger partial charge in [0.1, 0.15) is 5.03 Å². The molecular weight excluding hydrogens is 684 g/mol.